The third-order valence-corrected chi connectivity index (χ3v) is 3.13. The number of hydrogen-bond acceptors (Lipinski definition) is 4. The average Bonchev–Trinajstić information content (AvgIpc) is 2.27. The molecule has 0 spiro atoms. The summed E-state index contributed by atoms with van der Waals surface area (Å²) >= 11 is 0. The number of hydrogen-bond donors (Lipinski definition) is 3. The van der Waals surface area contributed by atoms with Crippen molar-refractivity contribution in [2.75, 3.05) is 20.7 Å². The van der Waals surface area contributed by atoms with Gasteiger partial charge in [0.2, 0.25) is 0 Å². The van der Waals surface area contributed by atoms with Crippen LogP contribution in [0.2, 0.25) is 0 Å². The number of likely N-dealkylation sites (N-methyl/N-ethyl adjacent to an activating group) is 1. The van der Waals surface area contributed by atoms with Gasteiger partial charge in [0.25, 0.3) is 0 Å². The minimum absolute atomic E-state index is 0.413. The van der Waals surface area contributed by atoms with Gasteiger partial charge in [0.1, 0.15) is 11.8 Å². The highest BCUT2D eigenvalue weighted by molar-refractivity contribution is 4.83. The van der Waals surface area contributed by atoms with E-state index in [0.29, 0.717) is 6.42 Å². The maximum atomic E-state index is 10.2. The average molecular weight is 233 g/mol. The number of unbranched alkanes of at least 4 members (excludes halogenated alkanes) is 4. The zero-order valence-corrected chi connectivity index (χ0v) is 10.8. The molecule has 16 heavy (non-hydrogen) atoms. The van der Waals surface area contributed by atoms with E-state index >= 15 is 0 Å². The first-order valence-electron chi connectivity index (χ1n) is 6.17. The molecule has 0 aromatic rings. The standard InChI is InChI=1S/C12H27NO3/c1-4-5-6-7-8-9-12(16,13(2)3)11(15)10-14/h11,14-16H,4-10H2,1-3H3. The Kier molecular flexibility index (Phi) is 7.93. The molecule has 0 fully saturated rings. The van der Waals surface area contributed by atoms with E-state index in [1.807, 2.05) is 0 Å². The molecule has 0 radical (unpaired) electrons. The van der Waals surface area contributed by atoms with Crippen molar-refractivity contribution in [3.05, 3.63) is 0 Å². The van der Waals surface area contributed by atoms with E-state index in [-0.39, 0.29) is 0 Å². The fraction of sp³-hybridized carbons (Fsp3) is 1.00. The van der Waals surface area contributed by atoms with Gasteiger partial charge in [-0.05, 0) is 26.9 Å². The predicted octanol–water partition coefficient (Wildman–Crippen LogP) is 0.950. The summed E-state index contributed by atoms with van der Waals surface area (Å²) in [6.07, 6.45) is 4.88. The minimum atomic E-state index is -1.30. The van der Waals surface area contributed by atoms with Gasteiger partial charge < -0.3 is 15.3 Å². The molecule has 0 bridgehead atoms. The molecule has 0 heterocycles. The summed E-state index contributed by atoms with van der Waals surface area (Å²) in [7, 11) is 3.43. The molecule has 4 heteroatoms. The summed E-state index contributed by atoms with van der Waals surface area (Å²) in [6.45, 7) is 1.75. The molecule has 0 aromatic heterocycles. The molecule has 0 aliphatic heterocycles. The molecule has 98 valence electrons. The molecular formula is C12H27NO3. The van der Waals surface area contributed by atoms with Crippen molar-refractivity contribution < 1.29 is 15.3 Å². The molecule has 0 amide bonds. The first kappa shape index (κ1) is 15.8. The quantitative estimate of drug-likeness (QED) is 0.410. The summed E-state index contributed by atoms with van der Waals surface area (Å²) in [5.74, 6) is 0. The second kappa shape index (κ2) is 8.01. The largest absolute Gasteiger partial charge is 0.394 e. The SMILES string of the molecule is CCCCCCCC(O)(C(O)CO)N(C)C. The van der Waals surface area contributed by atoms with Gasteiger partial charge in [-0.2, -0.15) is 0 Å². The van der Waals surface area contributed by atoms with Crippen LogP contribution in [-0.2, 0) is 0 Å². The van der Waals surface area contributed by atoms with Crippen LogP contribution in [0.3, 0.4) is 0 Å². The van der Waals surface area contributed by atoms with Crippen molar-refractivity contribution in [1.82, 2.24) is 4.90 Å². The maximum Gasteiger partial charge on any atom is 0.146 e. The van der Waals surface area contributed by atoms with Crippen LogP contribution in [0, 0.1) is 0 Å². The van der Waals surface area contributed by atoms with Crippen LogP contribution in [0.1, 0.15) is 45.4 Å². The van der Waals surface area contributed by atoms with Crippen LogP contribution in [0.15, 0.2) is 0 Å². The Balaban J connectivity index is 4.03. The Morgan fingerprint density at radius 2 is 1.69 bits per heavy atom. The summed E-state index contributed by atoms with van der Waals surface area (Å²) in [5, 5.41) is 28.8. The fourth-order valence-corrected chi connectivity index (χ4v) is 1.82. The molecule has 0 rings (SSSR count). The van der Waals surface area contributed by atoms with Crippen LogP contribution in [0.5, 0.6) is 0 Å². The Morgan fingerprint density at radius 3 is 2.12 bits per heavy atom. The van der Waals surface area contributed by atoms with E-state index in [4.69, 9.17) is 5.11 Å². The Bertz CT molecular complexity index is 176. The minimum Gasteiger partial charge on any atom is -0.394 e. The number of aliphatic hydroxyl groups is 3. The first-order valence-corrected chi connectivity index (χ1v) is 6.17. The highest BCUT2D eigenvalue weighted by atomic mass is 16.4. The third-order valence-electron chi connectivity index (χ3n) is 3.13. The highest BCUT2D eigenvalue weighted by Gasteiger charge is 2.36. The fourth-order valence-electron chi connectivity index (χ4n) is 1.82. The number of rotatable bonds is 9. The lowest BCUT2D eigenvalue weighted by molar-refractivity contribution is -0.178. The maximum absolute atomic E-state index is 10.2. The first-order chi connectivity index (χ1) is 7.49. The number of nitrogens with zero attached hydrogens (tertiary/aromatic N) is 1. The third kappa shape index (κ3) is 4.78. The highest BCUT2D eigenvalue weighted by Crippen LogP contribution is 2.22. The van der Waals surface area contributed by atoms with Gasteiger partial charge in [0, 0.05) is 0 Å². The van der Waals surface area contributed by atoms with Gasteiger partial charge in [-0.1, -0.05) is 32.6 Å². The van der Waals surface area contributed by atoms with Crippen molar-refractivity contribution >= 4 is 0 Å². The van der Waals surface area contributed by atoms with Crippen molar-refractivity contribution in [3.63, 3.8) is 0 Å². The van der Waals surface area contributed by atoms with E-state index in [9.17, 15) is 10.2 Å². The van der Waals surface area contributed by atoms with Crippen LogP contribution in [0.25, 0.3) is 0 Å². The van der Waals surface area contributed by atoms with Crippen molar-refractivity contribution in [3.8, 4) is 0 Å². The van der Waals surface area contributed by atoms with Crippen LogP contribution in [0.4, 0.5) is 0 Å². The van der Waals surface area contributed by atoms with Crippen molar-refractivity contribution in [1.29, 1.82) is 0 Å². The molecule has 3 N–H and O–H groups in total. The van der Waals surface area contributed by atoms with E-state index in [0.717, 1.165) is 19.3 Å². The van der Waals surface area contributed by atoms with E-state index in [1.54, 1.807) is 19.0 Å². The molecule has 2 unspecified atom stereocenters. The van der Waals surface area contributed by atoms with Crippen molar-refractivity contribution in [2.45, 2.75) is 57.3 Å². The Labute approximate surface area is 98.9 Å². The van der Waals surface area contributed by atoms with Gasteiger partial charge in [-0.3, -0.25) is 4.90 Å². The molecule has 0 aliphatic rings. The molecule has 2 atom stereocenters. The Morgan fingerprint density at radius 1 is 1.12 bits per heavy atom. The van der Waals surface area contributed by atoms with Gasteiger partial charge in [0.15, 0.2) is 0 Å². The summed E-state index contributed by atoms with van der Waals surface area (Å²) in [4.78, 5) is 1.58. The molecule has 0 aromatic carbocycles. The summed E-state index contributed by atoms with van der Waals surface area (Å²) in [5.41, 5.74) is -1.30. The summed E-state index contributed by atoms with van der Waals surface area (Å²) < 4.78 is 0. The lowest BCUT2D eigenvalue weighted by atomic mass is 9.97. The smallest absolute Gasteiger partial charge is 0.146 e. The van der Waals surface area contributed by atoms with Gasteiger partial charge >= 0.3 is 0 Å². The van der Waals surface area contributed by atoms with Crippen LogP contribution < -0.4 is 0 Å². The zero-order valence-electron chi connectivity index (χ0n) is 10.8. The van der Waals surface area contributed by atoms with Crippen LogP contribution >= 0.6 is 0 Å². The van der Waals surface area contributed by atoms with Gasteiger partial charge in [-0.25, -0.2) is 0 Å². The molecule has 0 aliphatic carbocycles. The normalized spacial score (nSPS) is 17.4. The predicted molar refractivity (Wildman–Crippen MR) is 65.1 cm³/mol. The topological polar surface area (TPSA) is 63.9 Å². The lowest BCUT2D eigenvalue weighted by Gasteiger charge is -2.38. The lowest BCUT2D eigenvalue weighted by Crippen LogP contribution is -2.55. The van der Waals surface area contributed by atoms with Gasteiger partial charge in [-0.15, -0.1) is 0 Å². The van der Waals surface area contributed by atoms with Gasteiger partial charge in [0.05, 0.1) is 6.61 Å². The molecular weight excluding hydrogens is 206 g/mol. The van der Waals surface area contributed by atoms with E-state index in [2.05, 4.69) is 6.92 Å². The van der Waals surface area contributed by atoms with E-state index in [1.165, 1.54) is 12.8 Å². The second-order valence-corrected chi connectivity index (χ2v) is 4.64. The molecule has 0 saturated heterocycles. The van der Waals surface area contributed by atoms with Crippen molar-refractivity contribution in [2.24, 2.45) is 0 Å². The monoisotopic (exact) mass is 233 g/mol. The zero-order chi connectivity index (χ0) is 12.6. The summed E-state index contributed by atoms with van der Waals surface area (Å²) in [6, 6.07) is 0. The number of aliphatic hydroxyl groups excluding tert-OH is 2. The van der Waals surface area contributed by atoms with E-state index < -0.39 is 18.4 Å². The molecule has 4 nitrogen and oxygen atoms in total. The molecule has 0 saturated carbocycles. The second-order valence-electron chi connectivity index (χ2n) is 4.64. The Hall–Kier alpha value is -0.160. The van der Waals surface area contributed by atoms with Crippen LogP contribution in [-0.4, -0.2) is 52.8 Å².